The first kappa shape index (κ1) is 19.1. The van der Waals surface area contributed by atoms with E-state index < -0.39 is 42.3 Å². The van der Waals surface area contributed by atoms with Gasteiger partial charge in [-0.15, -0.1) is 0 Å². The molecule has 3 amide bonds. The zero-order chi connectivity index (χ0) is 19.8. The van der Waals surface area contributed by atoms with E-state index in [-0.39, 0.29) is 17.5 Å². The predicted molar refractivity (Wildman–Crippen MR) is 93.0 cm³/mol. The maximum atomic E-state index is 12.9. The number of amides is 3. The summed E-state index contributed by atoms with van der Waals surface area (Å²) in [6.45, 7) is 1.07. The van der Waals surface area contributed by atoms with Gasteiger partial charge in [0.2, 0.25) is 0 Å². The maximum absolute atomic E-state index is 12.9. The van der Waals surface area contributed by atoms with Crippen LogP contribution in [0.2, 0.25) is 0 Å². The van der Waals surface area contributed by atoms with E-state index in [0.29, 0.717) is 25.9 Å². The molecule has 0 saturated carbocycles. The minimum Gasteiger partial charge on any atom is -0.507 e. The number of aromatic carboxylic acids is 1. The average molecular weight is 377 g/mol. The van der Waals surface area contributed by atoms with E-state index in [1.807, 2.05) is 0 Å². The normalized spacial score (nSPS) is 19.9. The Labute approximate surface area is 154 Å². The van der Waals surface area contributed by atoms with Crippen LogP contribution < -0.4 is 10.6 Å². The van der Waals surface area contributed by atoms with Crippen LogP contribution in [0.15, 0.2) is 18.2 Å². The molecule has 2 aliphatic rings. The van der Waals surface area contributed by atoms with Crippen LogP contribution in [0.4, 0.5) is 4.79 Å². The van der Waals surface area contributed by atoms with Crippen LogP contribution in [-0.4, -0.2) is 74.8 Å². The van der Waals surface area contributed by atoms with Gasteiger partial charge >= 0.3 is 19.1 Å². The van der Waals surface area contributed by atoms with Crippen molar-refractivity contribution in [3.8, 4) is 5.75 Å². The van der Waals surface area contributed by atoms with E-state index in [1.54, 1.807) is 0 Å². The second kappa shape index (κ2) is 7.18. The first-order valence-corrected chi connectivity index (χ1v) is 8.53. The van der Waals surface area contributed by atoms with Gasteiger partial charge in [0.25, 0.3) is 5.91 Å². The SMILES string of the molecule is O=C(O)c1cccc(C[C@@H](B(O)O)N2C(=O)NC3(CCNCC3)C2=O)c1O. The number of rotatable bonds is 5. The number of benzene rings is 1. The molecule has 2 aliphatic heterocycles. The summed E-state index contributed by atoms with van der Waals surface area (Å²) in [6.07, 6.45) is 0.447. The van der Waals surface area contributed by atoms with Crippen LogP contribution in [0.25, 0.3) is 0 Å². The lowest BCUT2D eigenvalue weighted by atomic mass is 9.74. The van der Waals surface area contributed by atoms with E-state index in [1.165, 1.54) is 18.2 Å². The number of carbonyl (C=O) groups excluding carboxylic acids is 2. The second-order valence-corrected chi connectivity index (χ2v) is 6.74. The molecule has 2 fully saturated rings. The van der Waals surface area contributed by atoms with E-state index in [2.05, 4.69) is 10.6 Å². The molecule has 2 saturated heterocycles. The van der Waals surface area contributed by atoms with Gasteiger partial charge in [-0.2, -0.15) is 0 Å². The Kier molecular flexibility index (Phi) is 5.09. The number of nitrogens with zero attached hydrogens (tertiary/aromatic N) is 1. The number of hydrogen-bond donors (Lipinski definition) is 6. The number of imide groups is 1. The first-order valence-electron chi connectivity index (χ1n) is 8.53. The Balaban J connectivity index is 1.91. The third-order valence-electron chi connectivity index (χ3n) is 5.11. The second-order valence-electron chi connectivity index (χ2n) is 6.74. The molecule has 1 atom stereocenters. The van der Waals surface area contributed by atoms with Crippen LogP contribution in [0.5, 0.6) is 5.75 Å². The van der Waals surface area contributed by atoms with Crippen molar-refractivity contribution in [1.82, 2.24) is 15.5 Å². The Morgan fingerprint density at radius 2 is 1.93 bits per heavy atom. The fraction of sp³-hybridized carbons (Fsp3) is 0.438. The third-order valence-corrected chi connectivity index (χ3v) is 5.11. The van der Waals surface area contributed by atoms with Gasteiger partial charge in [0.15, 0.2) is 0 Å². The summed E-state index contributed by atoms with van der Waals surface area (Å²) >= 11 is 0. The molecule has 0 aromatic heterocycles. The summed E-state index contributed by atoms with van der Waals surface area (Å²) in [7, 11) is -2.07. The number of piperidine rings is 1. The first-order chi connectivity index (χ1) is 12.8. The van der Waals surface area contributed by atoms with Crippen molar-refractivity contribution in [3.63, 3.8) is 0 Å². The predicted octanol–water partition coefficient (Wildman–Crippen LogP) is -1.31. The fourth-order valence-electron chi connectivity index (χ4n) is 3.62. The van der Waals surface area contributed by atoms with Crippen molar-refractivity contribution in [2.45, 2.75) is 30.7 Å². The van der Waals surface area contributed by atoms with Gasteiger partial charge in [-0.25, -0.2) is 9.59 Å². The van der Waals surface area contributed by atoms with Gasteiger partial charge in [-0.05, 0) is 44.0 Å². The summed E-state index contributed by atoms with van der Waals surface area (Å²) in [5, 5.41) is 44.6. The minimum absolute atomic E-state index is 0.0832. The number of urea groups is 1. The van der Waals surface area contributed by atoms with Gasteiger partial charge < -0.3 is 30.9 Å². The number of aromatic hydroxyl groups is 1. The lowest BCUT2D eigenvalue weighted by molar-refractivity contribution is -0.133. The molecule has 0 radical (unpaired) electrons. The fourth-order valence-corrected chi connectivity index (χ4v) is 3.62. The number of carbonyl (C=O) groups is 3. The summed E-state index contributed by atoms with van der Waals surface area (Å²) in [6, 6.07) is 3.24. The van der Waals surface area contributed by atoms with Gasteiger partial charge in [0.1, 0.15) is 16.9 Å². The molecule has 10 nitrogen and oxygen atoms in total. The Morgan fingerprint density at radius 1 is 1.26 bits per heavy atom. The lowest BCUT2D eigenvalue weighted by Crippen LogP contribution is -2.56. The van der Waals surface area contributed by atoms with E-state index >= 15 is 0 Å². The van der Waals surface area contributed by atoms with Crippen molar-refractivity contribution in [2.75, 3.05) is 13.1 Å². The monoisotopic (exact) mass is 377 g/mol. The van der Waals surface area contributed by atoms with Crippen LogP contribution in [0.1, 0.15) is 28.8 Å². The van der Waals surface area contributed by atoms with Crippen molar-refractivity contribution in [1.29, 1.82) is 0 Å². The molecule has 11 heteroatoms. The molecule has 144 valence electrons. The van der Waals surface area contributed by atoms with Gasteiger partial charge in [0, 0.05) is 0 Å². The topological polar surface area (TPSA) is 159 Å². The maximum Gasteiger partial charge on any atom is 0.476 e. The summed E-state index contributed by atoms with van der Waals surface area (Å²) < 4.78 is 0. The molecule has 6 N–H and O–H groups in total. The summed E-state index contributed by atoms with van der Waals surface area (Å²) in [5.74, 6) is -3.82. The molecular weight excluding hydrogens is 357 g/mol. The largest absolute Gasteiger partial charge is 0.507 e. The number of nitrogens with one attached hydrogen (secondary N) is 2. The smallest absolute Gasteiger partial charge is 0.476 e. The zero-order valence-electron chi connectivity index (χ0n) is 14.4. The van der Waals surface area contributed by atoms with Crippen molar-refractivity contribution < 1.29 is 34.6 Å². The Hall–Kier alpha value is -2.63. The summed E-state index contributed by atoms with van der Waals surface area (Å²) in [5.41, 5.74) is -1.36. The van der Waals surface area contributed by atoms with Crippen molar-refractivity contribution in [3.05, 3.63) is 29.3 Å². The highest BCUT2D eigenvalue weighted by Gasteiger charge is 2.55. The molecular formula is C16H20BN3O7. The molecule has 1 aromatic carbocycles. The highest BCUT2D eigenvalue weighted by molar-refractivity contribution is 6.44. The number of hydrogen-bond acceptors (Lipinski definition) is 7. The molecule has 0 unspecified atom stereocenters. The number of para-hydroxylation sites is 1. The van der Waals surface area contributed by atoms with Gasteiger partial charge in [0.05, 0.1) is 5.94 Å². The molecule has 1 aromatic rings. The number of phenols is 1. The van der Waals surface area contributed by atoms with E-state index in [0.717, 1.165) is 4.90 Å². The zero-order valence-corrected chi connectivity index (χ0v) is 14.4. The molecule has 3 rings (SSSR count). The van der Waals surface area contributed by atoms with Crippen LogP contribution in [0, 0.1) is 0 Å². The van der Waals surface area contributed by atoms with E-state index in [4.69, 9.17) is 5.11 Å². The van der Waals surface area contributed by atoms with E-state index in [9.17, 15) is 29.5 Å². The molecule has 0 bridgehead atoms. The summed E-state index contributed by atoms with van der Waals surface area (Å²) in [4.78, 5) is 37.3. The molecule has 27 heavy (non-hydrogen) atoms. The van der Waals surface area contributed by atoms with Crippen LogP contribution >= 0.6 is 0 Å². The Morgan fingerprint density at radius 3 is 2.52 bits per heavy atom. The highest BCUT2D eigenvalue weighted by atomic mass is 16.4. The minimum atomic E-state index is -2.07. The number of carboxylic acid groups (broad SMARTS) is 1. The molecule has 1 spiro atoms. The van der Waals surface area contributed by atoms with Crippen LogP contribution in [0.3, 0.4) is 0 Å². The molecule has 2 heterocycles. The lowest BCUT2D eigenvalue weighted by Gasteiger charge is -2.32. The van der Waals surface area contributed by atoms with Crippen molar-refractivity contribution >= 4 is 25.0 Å². The number of carboxylic acids is 1. The highest BCUT2D eigenvalue weighted by Crippen LogP contribution is 2.31. The van der Waals surface area contributed by atoms with Crippen LogP contribution in [-0.2, 0) is 11.2 Å². The van der Waals surface area contributed by atoms with Crippen molar-refractivity contribution in [2.24, 2.45) is 0 Å². The van der Waals surface area contributed by atoms with Gasteiger partial charge in [-0.1, -0.05) is 12.1 Å². The Bertz CT molecular complexity index is 779. The average Bonchev–Trinajstić information content (AvgIpc) is 2.84. The van der Waals surface area contributed by atoms with Gasteiger partial charge in [-0.3, -0.25) is 9.69 Å². The quantitative estimate of drug-likeness (QED) is 0.272. The third kappa shape index (κ3) is 3.36. The molecule has 0 aliphatic carbocycles. The standard InChI is InChI=1S/C16H20BN3O7/c21-12-9(2-1-3-10(12)13(22)23)8-11(17(26)27)20-14(24)16(19-15(20)25)4-6-18-7-5-16/h1-3,11,18,21,26-27H,4-8H2,(H,19,25)(H,22,23)/t11-/m0/s1.